The second-order valence-corrected chi connectivity index (χ2v) is 7.34. The largest absolute Gasteiger partial charge is 0.366 e. The number of nitrogens with two attached hydrogens (primary N) is 1. The topological polar surface area (TPSA) is 131 Å². The van der Waals surface area contributed by atoms with E-state index in [9.17, 15) is 18.0 Å². The lowest BCUT2D eigenvalue weighted by atomic mass is 10.2. The highest BCUT2D eigenvalue weighted by atomic mass is 32.2. The standard InChI is InChI=1S/C17H16N4O4S/c1-10(17(23)20-12-8-6-11(7-9-12)15(18)22)19-16-13-4-2-3-5-14(13)26(24,25)21-16/h2-10H,1H3,(H2,18,22)(H,19,21)(H,20,23)/t10-/m0/s1. The molecule has 0 spiro atoms. The molecule has 4 N–H and O–H groups in total. The Kier molecular flexibility index (Phi) is 4.47. The van der Waals surface area contributed by atoms with E-state index in [0.29, 0.717) is 16.8 Å². The maximum atomic E-state index is 12.3. The van der Waals surface area contributed by atoms with Crippen molar-refractivity contribution in [3.63, 3.8) is 0 Å². The van der Waals surface area contributed by atoms with Gasteiger partial charge in [-0.15, -0.1) is 0 Å². The van der Waals surface area contributed by atoms with Gasteiger partial charge in [-0.1, -0.05) is 12.1 Å². The Balaban J connectivity index is 1.77. The summed E-state index contributed by atoms with van der Waals surface area (Å²) >= 11 is 0. The summed E-state index contributed by atoms with van der Waals surface area (Å²) in [4.78, 5) is 27.7. The van der Waals surface area contributed by atoms with Gasteiger partial charge in [-0.3, -0.25) is 19.3 Å². The molecule has 0 saturated heterocycles. The second-order valence-electron chi connectivity index (χ2n) is 5.69. The maximum absolute atomic E-state index is 12.3. The number of fused-ring (bicyclic) bond motifs is 1. The number of hydrogen-bond acceptors (Lipinski definition) is 5. The molecule has 1 heterocycles. The van der Waals surface area contributed by atoms with E-state index in [-0.39, 0.29) is 10.7 Å². The van der Waals surface area contributed by atoms with Gasteiger partial charge in [0.15, 0.2) is 0 Å². The molecule has 0 aromatic heterocycles. The third-order valence-electron chi connectivity index (χ3n) is 3.80. The Bertz CT molecular complexity index is 1010. The molecule has 134 valence electrons. The summed E-state index contributed by atoms with van der Waals surface area (Å²) in [5.41, 5.74) is 6.39. The minimum absolute atomic E-state index is 0.132. The van der Waals surface area contributed by atoms with Gasteiger partial charge in [-0.05, 0) is 43.3 Å². The first-order chi connectivity index (χ1) is 12.3. The van der Waals surface area contributed by atoms with Crippen molar-refractivity contribution in [3.8, 4) is 0 Å². The second kappa shape index (κ2) is 6.60. The maximum Gasteiger partial charge on any atom is 0.263 e. The Morgan fingerprint density at radius 2 is 1.77 bits per heavy atom. The van der Waals surface area contributed by atoms with Gasteiger partial charge in [-0.2, -0.15) is 0 Å². The predicted molar refractivity (Wildman–Crippen MR) is 96.4 cm³/mol. The third-order valence-corrected chi connectivity index (χ3v) is 5.20. The molecule has 0 radical (unpaired) electrons. The zero-order chi connectivity index (χ0) is 18.9. The molecule has 2 aromatic rings. The number of carbonyl (C=O) groups excluding carboxylic acids is 2. The fourth-order valence-electron chi connectivity index (χ4n) is 2.45. The summed E-state index contributed by atoms with van der Waals surface area (Å²) in [5.74, 6) is -0.852. The number of nitrogens with one attached hydrogen (secondary N) is 2. The number of aliphatic imine (C=N–C) groups is 1. The summed E-state index contributed by atoms with van der Waals surface area (Å²) in [6, 6.07) is 11.7. The van der Waals surface area contributed by atoms with Gasteiger partial charge < -0.3 is 11.1 Å². The Labute approximate surface area is 150 Å². The van der Waals surface area contributed by atoms with Crippen LogP contribution in [0, 0.1) is 0 Å². The van der Waals surface area contributed by atoms with Crippen LogP contribution in [0.5, 0.6) is 0 Å². The minimum atomic E-state index is -3.65. The van der Waals surface area contributed by atoms with E-state index < -0.39 is 27.9 Å². The molecule has 1 atom stereocenters. The van der Waals surface area contributed by atoms with Crippen LogP contribution >= 0.6 is 0 Å². The summed E-state index contributed by atoms with van der Waals surface area (Å²) < 4.78 is 26.5. The van der Waals surface area contributed by atoms with Crippen LogP contribution in [-0.4, -0.2) is 32.1 Å². The molecule has 0 saturated carbocycles. The molecular weight excluding hydrogens is 356 g/mol. The quantitative estimate of drug-likeness (QED) is 0.734. The van der Waals surface area contributed by atoms with Crippen LogP contribution in [0.25, 0.3) is 0 Å². The number of sulfonamides is 1. The number of nitrogens with zero attached hydrogens (tertiary/aromatic N) is 1. The van der Waals surface area contributed by atoms with Crippen LogP contribution in [0.2, 0.25) is 0 Å². The third kappa shape index (κ3) is 3.42. The zero-order valence-corrected chi connectivity index (χ0v) is 14.6. The molecule has 26 heavy (non-hydrogen) atoms. The molecule has 0 fully saturated rings. The lowest BCUT2D eigenvalue weighted by Gasteiger charge is -2.10. The van der Waals surface area contributed by atoms with Crippen LogP contribution in [-0.2, 0) is 14.8 Å². The van der Waals surface area contributed by atoms with Gasteiger partial charge in [0.2, 0.25) is 11.8 Å². The van der Waals surface area contributed by atoms with Crippen LogP contribution in [0.3, 0.4) is 0 Å². The number of anilines is 1. The summed E-state index contributed by atoms with van der Waals surface area (Å²) in [7, 11) is -3.65. The zero-order valence-electron chi connectivity index (χ0n) is 13.8. The predicted octanol–water partition coefficient (Wildman–Crippen LogP) is 0.851. The number of carbonyl (C=O) groups is 2. The van der Waals surface area contributed by atoms with E-state index in [1.807, 2.05) is 0 Å². The van der Waals surface area contributed by atoms with Gasteiger partial charge in [0.1, 0.15) is 11.9 Å². The van der Waals surface area contributed by atoms with Crippen LogP contribution < -0.4 is 15.8 Å². The Morgan fingerprint density at radius 3 is 2.42 bits per heavy atom. The fraction of sp³-hybridized carbons (Fsp3) is 0.118. The molecule has 2 amide bonds. The molecule has 9 heteroatoms. The van der Waals surface area contributed by atoms with E-state index in [1.165, 1.54) is 18.2 Å². The SMILES string of the molecule is C[C@H](N=C1NS(=O)(=O)c2ccccc21)C(=O)Nc1ccc(C(N)=O)cc1. The Hall–Kier alpha value is -3.20. The number of rotatable bonds is 4. The van der Waals surface area contributed by atoms with Crippen molar-refractivity contribution in [1.29, 1.82) is 0 Å². The van der Waals surface area contributed by atoms with Crippen molar-refractivity contribution in [2.45, 2.75) is 17.9 Å². The average Bonchev–Trinajstić information content (AvgIpc) is 2.86. The first kappa shape index (κ1) is 17.6. The average molecular weight is 372 g/mol. The number of amides is 2. The van der Waals surface area contributed by atoms with E-state index in [4.69, 9.17) is 5.73 Å². The summed E-state index contributed by atoms with van der Waals surface area (Å²) in [6.07, 6.45) is 0. The number of primary amides is 1. The van der Waals surface area contributed by atoms with E-state index in [0.717, 1.165) is 0 Å². The lowest BCUT2D eigenvalue weighted by Crippen LogP contribution is -2.28. The van der Waals surface area contributed by atoms with Gasteiger partial charge in [0.25, 0.3) is 10.0 Å². The summed E-state index contributed by atoms with van der Waals surface area (Å²) in [5, 5.41) is 2.65. The van der Waals surface area contributed by atoms with Crippen molar-refractivity contribution in [3.05, 3.63) is 59.7 Å². The summed E-state index contributed by atoms with van der Waals surface area (Å²) in [6.45, 7) is 1.55. The van der Waals surface area contributed by atoms with Gasteiger partial charge in [-0.25, -0.2) is 8.42 Å². The minimum Gasteiger partial charge on any atom is -0.366 e. The smallest absolute Gasteiger partial charge is 0.263 e. The number of amidine groups is 1. The highest BCUT2D eigenvalue weighted by Gasteiger charge is 2.31. The highest BCUT2D eigenvalue weighted by Crippen LogP contribution is 2.22. The molecule has 0 aliphatic carbocycles. The fourth-order valence-corrected chi connectivity index (χ4v) is 3.69. The van der Waals surface area contributed by atoms with E-state index >= 15 is 0 Å². The first-order valence-corrected chi connectivity index (χ1v) is 9.17. The van der Waals surface area contributed by atoms with E-state index in [1.54, 1.807) is 37.3 Å². The molecule has 1 aliphatic rings. The molecule has 0 bridgehead atoms. The van der Waals surface area contributed by atoms with Crippen molar-refractivity contribution >= 4 is 33.4 Å². The van der Waals surface area contributed by atoms with Crippen LogP contribution in [0.1, 0.15) is 22.8 Å². The van der Waals surface area contributed by atoms with Crippen molar-refractivity contribution < 1.29 is 18.0 Å². The van der Waals surface area contributed by atoms with Crippen molar-refractivity contribution in [2.75, 3.05) is 5.32 Å². The normalized spacial score (nSPS) is 17.2. The number of hydrogen-bond donors (Lipinski definition) is 3. The molecule has 8 nitrogen and oxygen atoms in total. The molecule has 2 aromatic carbocycles. The highest BCUT2D eigenvalue weighted by molar-refractivity contribution is 7.90. The van der Waals surface area contributed by atoms with Crippen molar-refractivity contribution in [2.24, 2.45) is 10.7 Å². The van der Waals surface area contributed by atoms with Crippen molar-refractivity contribution in [1.82, 2.24) is 4.72 Å². The molecule has 0 unspecified atom stereocenters. The molecule has 3 rings (SSSR count). The molecule has 1 aliphatic heterocycles. The first-order valence-electron chi connectivity index (χ1n) is 7.69. The number of benzene rings is 2. The van der Waals surface area contributed by atoms with E-state index in [2.05, 4.69) is 15.0 Å². The van der Waals surface area contributed by atoms with Gasteiger partial charge in [0.05, 0.1) is 4.90 Å². The Morgan fingerprint density at radius 1 is 1.12 bits per heavy atom. The van der Waals surface area contributed by atoms with Crippen LogP contribution in [0.15, 0.2) is 58.4 Å². The monoisotopic (exact) mass is 372 g/mol. The van der Waals surface area contributed by atoms with Crippen LogP contribution in [0.4, 0.5) is 5.69 Å². The van der Waals surface area contributed by atoms with Gasteiger partial charge in [0, 0.05) is 16.8 Å². The lowest BCUT2D eigenvalue weighted by molar-refractivity contribution is -0.117. The molecular formula is C17H16N4O4S. The van der Waals surface area contributed by atoms with Gasteiger partial charge >= 0.3 is 0 Å².